The Morgan fingerprint density at radius 3 is 0.778 bits per heavy atom. The molecule has 0 aromatic rings. The molecule has 0 unspecified atom stereocenters. The highest BCUT2D eigenvalue weighted by atomic mass is 14.8. The molecule has 0 saturated carbocycles. The molecule has 4 nitrogen and oxygen atoms in total. The molecule has 0 saturated heterocycles. The predicted molar refractivity (Wildman–Crippen MR) is 165 cm³/mol. The standard InChI is InChI=1S/2C16H36N2/c1-2-3-4-5-6-7-8-9-10-11-12-13-14-15-16(17)18;17-15-13-11-9-7-5-3-1-2-4-6-8-10-12-14-16-18/h16H,2-15,17-18H2,1H3;1-18H2. The maximum Gasteiger partial charge on any atom is 0.0520 e. The topological polar surface area (TPSA) is 104 Å². The van der Waals surface area contributed by atoms with Crippen molar-refractivity contribution in [3.63, 3.8) is 0 Å². The van der Waals surface area contributed by atoms with Crippen LogP contribution in [0.4, 0.5) is 0 Å². The molecular formula is C32H72N4. The summed E-state index contributed by atoms with van der Waals surface area (Å²) >= 11 is 0. The molecule has 36 heavy (non-hydrogen) atoms. The van der Waals surface area contributed by atoms with Gasteiger partial charge in [0.05, 0.1) is 6.17 Å². The molecule has 220 valence electrons. The van der Waals surface area contributed by atoms with E-state index in [0.717, 1.165) is 19.5 Å². The Labute approximate surface area is 228 Å². The van der Waals surface area contributed by atoms with Gasteiger partial charge in [-0.25, -0.2) is 0 Å². The highest BCUT2D eigenvalue weighted by Gasteiger charge is 1.96. The van der Waals surface area contributed by atoms with Crippen LogP contribution in [0, 0.1) is 0 Å². The summed E-state index contributed by atoms with van der Waals surface area (Å²) in [6.07, 6.45) is 38.4. The maximum atomic E-state index is 5.51. The first-order chi connectivity index (χ1) is 17.7. The molecule has 8 N–H and O–H groups in total. The lowest BCUT2D eigenvalue weighted by atomic mass is 10.0. The largest absolute Gasteiger partial charge is 0.330 e. The van der Waals surface area contributed by atoms with E-state index < -0.39 is 0 Å². The van der Waals surface area contributed by atoms with Gasteiger partial charge in [-0.05, 0) is 32.4 Å². The quantitative estimate of drug-likeness (QED) is 0.0592. The summed E-state index contributed by atoms with van der Waals surface area (Å²) in [4.78, 5) is 0. The smallest absolute Gasteiger partial charge is 0.0520 e. The van der Waals surface area contributed by atoms with Crippen molar-refractivity contribution in [2.45, 2.75) is 193 Å². The fourth-order valence-corrected chi connectivity index (χ4v) is 4.81. The van der Waals surface area contributed by atoms with E-state index in [-0.39, 0.29) is 6.17 Å². The first kappa shape index (κ1) is 38.0. The third kappa shape index (κ3) is 41.0. The molecule has 0 aliphatic heterocycles. The van der Waals surface area contributed by atoms with Crippen LogP contribution in [0.3, 0.4) is 0 Å². The van der Waals surface area contributed by atoms with E-state index in [1.54, 1.807) is 0 Å². The molecule has 0 aromatic heterocycles. The van der Waals surface area contributed by atoms with Crippen molar-refractivity contribution in [3.8, 4) is 0 Å². The molecule has 0 rings (SSSR count). The van der Waals surface area contributed by atoms with Crippen molar-refractivity contribution >= 4 is 0 Å². The van der Waals surface area contributed by atoms with Crippen molar-refractivity contribution < 1.29 is 0 Å². The van der Waals surface area contributed by atoms with Crippen LogP contribution >= 0.6 is 0 Å². The Balaban J connectivity index is 0. The molecule has 0 heterocycles. The summed E-state index contributed by atoms with van der Waals surface area (Å²) in [5, 5.41) is 0. The molecule has 0 radical (unpaired) electrons. The lowest BCUT2D eigenvalue weighted by Crippen LogP contribution is -2.29. The van der Waals surface area contributed by atoms with E-state index in [4.69, 9.17) is 22.9 Å². The van der Waals surface area contributed by atoms with E-state index in [9.17, 15) is 0 Å². The zero-order valence-corrected chi connectivity index (χ0v) is 25.1. The lowest BCUT2D eigenvalue weighted by Gasteiger charge is -2.05. The first-order valence-corrected chi connectivity index (χ1v) is 16.6. The van der Waals surface area contributed by atoms with E-state index in [0.29, 0.717) is 0 Å². The Bertz CT molecular complexity index is 333. The van der Waals surface area contributed by atoms with Gasteiger partial charge in [0.25, 0.3) is 0 Å². The second kappa shape index (κ2) is 37.0. The molecule has 0 bridgehead atoms. The summed E-state index contributed by atoms with van der Waals surface area (Å²) in [7, 11) is 0. The third-order valence-electron chi connectivity index (χ3n) is 7.30. The summed E-state index contributed by atoms with van der Waals surface area (Å²) < 4.78 is 0. The second-order valence-corrected chi connectivity index (χ2v) is 11.2. The van der Waals surface area contributed by atoms with Crippen molar-refractivity contribution in [1.29, 1.82) is 0 Å². The van der Waals surface area contributed by atoms with Gasteiger partial charge in [0, 0.05) is 0 Å². The molecular weight excluding hydrogens is 440 g/mol. The summed E-state index contributed by atoms with van der Waals surface area (Å²) in [5.41, 5.74) is 22.0. The highest BCUT2D eigenvalue weighted by Crippen LogP contribution is 2.14. The second-order valence-electron chi connectivity index (χ2n) is 11.2. The van der Waals surface area contributed by atoms with E-state index in [2.05, 4.69) is 6.92 Å². The van der Waals surface area contributed by atoms with Crippen molar-refractivity contribution in [1.82, 2.24) is 0 Å². The maximum absolute atomic E-state index is 5.51. The van der Waals surface area contributed by atoms with Crippen LogP contribution in [-0.2, 0) is 0 Å². The Morgan fingerprint density at radius 1 is 0.333 bits per heavy atom. The molecule has 0 amide bonds. The van der Waals surface area contributed by atoms with Crippen LogP contribution in [0.2, 0.25) is 0 Å². The summed E-state index contributed by atoms with van der Waals surface area (Å²) in [6, 6.07) is 0. The van der Waals surface area contributed by atoms with Crippen LogP contribution in [-0.4, -0.2) is 19.3 Å². The minimum absolute atomic E-state index is 0.0993. The average Bonchev–Trinajstić information content (AvgIpc) is 2.87. The Morgan fingerprint density at radius 2 is 0.556 bits per heavy atom. The first-order valence-electron chi connectivity index (χ1n) is 16.6. The molecule has 0 atom stereocenters. The average molecular weight is 513 g/mol. The fraction of sp³-hybridized carbons (Fsp3) is 1.00. The van der Waals surface area contributed by atoms with Gasteiger partial charge in [-0.3, -0.25) is 0 Å². The minimum atomic E-state index is -0.0993. The number of hydrogen-bond acceptors (Lipinski definition) is 4. The Kier molecular flexibility index (Phi) is 39.0. The molecule has 0 aromatic carbocycles. The van der Waals surface area contributed by atoms with E-state index >= 15 is 0 Å². The van der Waals surface area contributed by atoms with Gasteiger partial charge in [-0.2, -0.15) is 0 Å². The van der Waals surface area contributed by atoms with Gasteiger partial charge in [0.2, 0.25) is 0 Å². The van der Waals surface area contributed by atoms with Gasteiger partial charge in [0.15, 0.2) is 0 Å². The zero-order valence-electron chi connectivity index (χ0n) is 25.1. The molecule has 0 fully saturated rings. The third-order valence-corrected chi connectivity index (χ3v) is 7.30. The van der Waals surface area contributed by atoms with E-state index in [1.807, 2.05) is 0 Å². The van der Waals surface area contributed by atoms with Crippen molar-refractivity contribution in [3.05, 3.63) is 0 Å². The van der Waals surface area contributed by atoms with Gasteiger partial charge < -0.3 is 22.9 Å². The van der Waals surface area contributed by atoms with Gasteiger partial charge in [0.1, 0.15) is 0 Å². The Hall–Kier alpha value is -0.160. The van der Waals surface area contributed by atoms with Gasteiger partial charge >= 0.3 is 0 Å². The number of hydrogen-bond donors (Lipinski definition) is 4. The van der Waals surface area contributed by atoms with Gasteiger partial charge in [-0.15, -0.1) is 0 Å². The lowest BCUT2D eigenvalue weighted by molar-refractivity contribution is 0.521. The summed E-state index contributed by atoms with van der Waals surface area (Å²) in [6.45, 7) is 4.01. The predicted octanol–water partition coefficient (Wildman–Crippen LogP) is 9.08. The molecule has 4 heteroatoms. The fourth-order valence-electron chi connectivity index (χ4n) is 4.81. The van der Waals surface area contributed by atoms with Crippen molar-refractivity contribution in [2.75, 3.05) is 13.1 Å². The van der Waals surface area contributed by atoms with Crippen LogP contribution in [0.25, 0.3) is 0 Å². The summed E-state index contributed by atoms with van der Waals surface area (Å²) in [5.74, 6) is 0. The van der Waals surface area contributed by atoms with Crippen LogP contribution in [0.5, 0.6) is 0 Å². The number of rotatable bonds is 29. The molecule has 0 aliphatic rings. The van der Waals surface area contributed by atoms with Crippen LogP contribution < -0.4 is 22.9 Å². The molecule has 0 spiro atoms. The number of nitrogens with two attached hydrogens (primary N) is 4. The van der Waals surface area contributed by atoms with Crippen LogP contribution in [0.15, 0.2) is 0 Å². The normalized spacial score (nSPS) is 11.2. The monoisotopic (exact) mass is 513 g/mol. The molecule has 0 aliphatic carbocycles. The van der Waals surface area contributed by atoms with Crippen LogP contribution in [0.1, 0.15) is 187 Å². The van der Waals surface area contributed by atoms with Gasteiger partial charge in [-0.1, -0.05) is 167 Å². The SMILES string of the molecule is CCCCCCCCCCCCCCCC(N)N.NCCCCCCCCCCCCCCCCN. The highest BCUT2D eigenvalue weighted by molar-refractivity contribution is 4.53. The van der Waals surface area contributed by atoms with E-state index in [1.165, 1.54) is 173 Å². The minimum Gasteiger partial charge on any atom is -0.330 e. The zero-order chi connectivity index (χ0) is 26.8. The van der Waals surface area contributed by atoms with Crippen molar-refractivity contribution in [2.24, 2.45) is 22.9 Å². The number of unbranched alkanes of at least 4 members (excludes halogenated alkanes) is 25.